The van der Waals surface area contributed by atoms with Gasteiger partial charge in [-0.3, -0.25) is 9.59 Å². The van der Waals surface area contributed by atoms with Gasteiger partial charge in [0.15, 0.2) is 6.61 Å². The molecular formula is C19H14ClNO5S. The van der Waals surface area contributed by atoms with E-state index >= 15 is 0 Å². The van der Waals surface area contributed by atoms with Gasteiger partial charge in [-0.05, 0) is 59.8 Å². The molecule has 8 heteroatoms. The summed E-state index contributed by atoms with van der Waals surface area (Å²) in [6.45, 7) is -0.185. The van der Waals surface area contributed by atoms with Crippen LogP contribution in [0.2, 0.25) is 5.02 Å². The maximum absolute atomic E-state index is 12.6. The van der Waals surface area contributed by atoms with Crippen molar-refractivity contribution in [2.45, 2.75) is 0 Å². The third kappa shape index (κ3) is 4.50. The summed E-state index contributed by atoms with van der Waals surface area (Å²) >= 11 is 6.72. The molecule has 1 saturated heterocycles. The van der Waals surface area contributed by atoms with E-state index in [1.54, 1.807) is 54.6 Å². The summed E-state index contributed by atoms with van der Waals surface area (Å²) in [7, 11) is 1.28. The van der Waals surface area contributed by atoms with Gasteiger partial charge in [0.25, 0.3) is 11.1 Å². The molecule has 2 aromatic rings. The lowest BCUT2D eigenvalue weighted by atomic mass is 10.2. The van der Waals surface area contributed by atoms with Gasteiger partial charge >= 0.3 is 5.97 Å². The zero-order valence-electron chi connectivity index (χ0n) is 14.2. The summed E-state index contributed by atoms with van der Waals surface area (Å²) in [4.78, 5) is 37.3. The van der Waals surface area contributed by atoms with E-state index in [9.17, 15) is 14.4 Å². The molecule has 1 aliphatic rings. The Labute approximate surface area is 164 Å². The molecule has 0 N–H and O–H groups in total. The number of thioether (sulfide) groups is 1. The molecule has 0 spiro atoms. The molecule has 2 aromatic carbocycles. The number of anilines is 1. The van der Waals surface area contributed by atoms with Crippen molar-refractivity contribution in [1.29, 1.82) is 0 Å². The zero-order chi connectivity index (χ0) is 19.4. The van der Waals surface area contributed by atoms with Crippen LogP contribution >= 0.6 is 23.4 Å². The molecule has 0 radical (unpaired) electrons. The van der Waals surface area contributed by atoms with E-state index in [1.165, 1.54) is 7.11 Å². The largest absolute Gasteiger partial charge is 0.482 e. The summed E-state index contributed by atoms with van der Waals surface area (Å²) in [6, 6.07) is 13.3. The highest BCUT2D eigenvalue weighted by atomic mass is 35.5. The molecule has 1 fully saturated rings. The monoisotopic (exact) mass is 403 g/mol. The average molecular weight is 404 g/mol. The van der Waals surface area contributed by atoms with E-state index in [0.717, 1.165) is 22.2 Å². The standard InChI is InChI=1S/C19H14ClNO5S/c1-25-17(22)11-26-15-8-2-12(3-9-15)10-16-18(23)21(19(24)27-16)14-6-4-13(20)5-7-14/h2-10H,11H2,1H3/b16-10+. The van der Waals surface area contributed by atoms with Crippen LogP contribution in [0.5, 0.6) is 5.75 Å². The molecule has 0 unspecified atom stereocenters. The quantitative estimate of drug-likeness (QED) is 0.552. The average Bonchev–Trinajstić information content (AvgIpc) is 2.95. The maximum Gasteiger partial charge on any atom is 0.343 e. The van der Waals surface area contributed by atoms with Crippen LogP contribution in [0.4, 0.5) is 10.5 Å². The Balaban J connectivity index is 1.73. The molecule has 1 aliphatic heterocycles. The van der Waals surface area contributed by atoms with Crippen LogP contribution in [0, 0.1) is 0 Å². The van der Waals surface area contributed by atoms with Crippen molar-refractivity contribution < 1.29 is 23.9 Å². The second-order valence-electron chi connectivity index (χ2n) is 5.43. The van der Waals surface area contributed by atoms with Crippen molar-refractivity contribution in [3.8, 4) is 5.75 Å². The maximum atomic E-state index is 12.6. The number of imide groups is 1. The van der Waals surface area contributed by atoms with Gasteiger partial charge in [-0.2, -0.15) is 0 Å². The van der Waals surface area contributed by atoms with Crippen LogP contribution in [-0.4, -0.2) is 30.8 Å². The third-order valence-electron chi connectivity index (χ3n) is 3.64. The van der Waals surface area contributed by atoms with Gasteiger partial charge in [0, 0.05) is 5.02 Å². The zero-order valence-corrected chi connectivity index (χ0v) is 15.8. The first kappa shape index (κ1) is 19.0. The topological polar surface area (TPSA) is 72.9 Å². The molecule has 0 bridgehead atoms. The molecule has 0 aromatic heterocycles. The Hall–Kier alpha value is -2.77. The van der Waals surface area contributed by atoms with Crippen LogP contribution in [0.3, 0.4) is 0 Å². The Morgan fingerprint density at radius 1 is 1.11 bits per heavy atom. The highest BCUT2D eigenvalue weighted by Crippen LogP contribution is 2.36. The minimum Gasteiger partial charge on any atom is -0.482 e. The van der Waals surface area contributed by atoms with Crippen LogP contribution in [0.25, 0.3) is 6.08 Å². The predicted octanol–water partition coefficient (Wildman–Crippen LogP) is 4.13. The van der Waals surface area contributed by atoms with E-state index < -0.39 is 11.9 Å². The summed E-state index contributed by atoms with van der Waals surface area (Å²) in [5, 5.41) is 0.155. The van der Waals surface area contributed by atoms with Crippen molar-refractivity contribution in [3.05, 3.63) is 64.0 Å². The highest BCUT2D eigenvalue weighted by molar-refractivity contribution is 8.19. The summed E-state index contributed by atoms with van der Waals surface area (Å²) in [6.07, 6.45) is 1.63. The predicted molar refractivity (Wildman–Crippen MR) is 104 cm³/mol. The molecule has 0 saturated carbocycles. The highest BCUT2D eigenvalue weighted by Gasteiger charge is 2.36. The minimum absolute atomic E-state index is 0.185. The molecule has 2 amide bonds. The molecule has 6 nitrogen and oxygen atoms in total. The van der Waals surface area contributed by atoms with Crippen LogP contribution < -0.4 is 9.64 Å². The van der Waals surface area contributed by atoms with E-state index in [4.69, 9.17) is 16.3 Å². The number of methoxy groups -OCH3 is 1. The SMILES string of the molecule is COC(=O)COc1ccc(/C=C2/SC(=O)N(c3ccc(Cl)cc3)C2=O)cc1. The minimum atomic E-state index is -0.477. The summed E-state index contributed by atoms with van der Waals surface area (Å²) in [5.41, 5.74) is 1.19. The van der Waals surface area contributed by atoms with E-state index in [0.29, 0.717) is 21.4 Å². The fraction of sp³-hybridized carbons (Fsp3) is 0.105. The van der Waals surface area contributed by atoms with Crippen LogP contribution in [0.15, 0.2) is 53.4 Å². The van der Waals surface area contributed by atoms with Gasteiger partial charge in [0.2, 0.25) is 0 Å². The molecule has 1 heterocycles. The number of rotatable bonds is 5. The lowest BCUT2D eigenvalue weighted by Crippen LogP contribution is -2.27. The number of halogens is 1. The second kappa shape index (κ2) is 8.28. The van der Waals surface area contributed by atoms with Crippen LogP contribution in [0.1, 0.15) is 5.56 Å². The molecule has 0 aliphatic carbocycles. The molecular weight excluding hydrogens is 390 g/mol. The number of amides is 2. The molecule has 27 heavy (non-hydrogen) atoms. The first-order valence-corrected chi connectivity index (χ1v) is 9.00. The van der Waals surface area contributed by atoms with Gasteiger partial charge in [-0.1, -0.05) is 23.7 Å². The molecule has 3 rings (SSSR count). The van der Waals surface area contributed by atoms with Crippen LogP contribution in [-0.2, 0) is 14.3 Å². The third-order valence-corrected chi connectivity index (χ3v) is 4.76. The first-order valence-electron chi connectivity index (χ1n) is 7.81. The Kier molecular flexibility index (Phi) is 5.83. The Bertz CT molecular complexity index is 909. The number of ether oxygens (including phenoxy) is 2. The molecule has 138 valence electrons. The fourth-order valence-corrected chi connectivity index (χ4v) is 3.26. The number of hydrogen-bond acceptors (Lipinski definition) is 6. The smallest absolute Gasteiger partial charge is 0.343 e. The first-order chi connectivity index (χ1) is 13.0. The lowest BCUT2D eigenvalue weighted by molar-refractivity contribution is -0.142. The summed E-state index contributed by atoms with van der Waals surface area (Å²) < 4.78 is 9.77. The van der Waals surface area contributed by atoms with Crippen molar-refractivity contribution in [2.75, 3.05) is 18.6 Å². The van der Waals surface area contributed by atoms with Gasteiger partial charge in [-0.15, -0.1) is 0 Å². The van der Waals surface area contributed by atoms with Gasteiger partial charge < -0.3 is 9.47 Å². The normalized spacial score (nSPS) is 15.3. The van der Waals surface area contributed by atoms with Gasteiger partial charge in [0.1, 0.15) is 5.75 Å². The number of benzene rings is 2. The lowest BCUT2D eigenvalue weighted by Gasteiger charge is -2.12. The second-order valence-corrected chi connectivity index (χ2v) is 6.86. The number of nitrogens with zero attached hydrogens (tertiary/aromatic N) is 1. The van der Waals surface area contributed by atoms with Crippen molar-refractivity contribution in [1.82, 2.24) is 0 Å². The summed E-state index contributed by atoms with van der Waals surface area (Å²) in [5.74, 6) is -0.375. The number of carbonyl (C=O) groups is 3. The van der Waals surface area contributed by atoms with Gasteiger partial charge in [-0.25, -0.2) is 9.69 Å². The molecule has 0 atom stereocenters. The Morgan fingerprint density at radius 2 is 1.78 bits per heavy atom. The van der Waals surface area contributed by atoms with E-state index in [1.807, 2.05) is 0 Å². The van der Waals surface area contributed by atoms with Crippen molar-refractivity contribution >= 4 is 52.2 Å². The number of hydrogen-bond donors (Lipinski definition) is 0. The van der Waals surface area contributed by atoms with Gasteiger partial charge in [0.05, 0.1) is 17.7 Å². The number of esters is 1. The Morgan fingerprint density at radius 3 is 2.41 bits per heavy atom. The van der Waals surface area contributed by atoms with E-state index in [2.05, 4.69) is 4.74 Å². The van der Waals surface area contributed by atoms with Crippen molar-refractivity contribution in [3.63, 3.8) is 0 Å². The van der Waals surface area contributed by atoms with Crippen molar-refractivity contribution in [2.24, 2.45) is 0 Å². The number of carbonyl (C=O) groups excluding carboxylic acids is 3. The van der Waals surface area contributed by atoms with E-state index in [-0.39, 0.29) is 11.8 Å². The fourth-order valence-electron chi connectivity index (χ4n) is 2.29.